The number of esters is 1. The number of hydrogen-bond donors (Lipinski definition) is 4. The maximum Gasteiger partial charge on any atom is 0.490 e. The number of ether oxygens (including phenoxy) is 1. The van der Waals surface area contributed by atoms with Gasteiger partial charge >= 0.3 is 24.1 Å². The highest BCUT2D eigenvalue weighted by Crippen LogP contribution is 2.46. The normalized spacial score (nSPS) is 19.5. The average molecular weight is 652 g/mol. The number of rotatable bonds is 8. The number of hydrogen-bond acceptors (Lipinski definition) is 8. The van der Waals surface area contributed by atoms with Crippen LogP contribution < -0.4 is 16.4 Å². The molecule has 6 N–H and O–H groups in total. The molecule has 242 valence electrons. The van der Waals surface area contributed by atoms with E-state index in [9.17, 15) is 32.3 Å². The van der Waals surface area contributed by atoms with E-state index in [0.29, 0.717) is 24.4 Å². The van der Waals surface area contributed by atoms with Gasteiger partial charge in [-0.15, -0.1) is 11.8 Å². The maximum atomic E-state index is 12.6. The third-order valence-corrected chi connectivity index (χ3v) is 7.87. The lowest BCUT2D eigenvalue weighted by atomic mass is 9.84. The molecular weight excluding hydrogens is 619 g/mol. The number of amides is 2. The molecule has 0 bridgehead atoms. The molecule has 2 aromatic rings. The molecule has 2 aliphatic rings. The van der Waals surface area contributed by atoms with Crippen LogP contribution in [0.5, 0.6) is 0 Å². The molecule has 45 heavy (non-hydrogen) atoms. The largest absolute Gasteiger partial charge is 0.490 e. The first-order valence-electron chi connectivity index (χ1n) is 13.3. The number of carboxylic acid groups (broad SMARTS) is 2. The molecule has 4 atom stereocenters. The van der Waals surface area contributed by atoms with Gasteiger partial charge in [-0.1, -0.05) is 54.6 Å². The zero-order valence-electron chi connectivity index (χ0n) is 23.9. The summed E-state index contributed by atoms with van der Waals surface area (Å²) in [6, 6.07) is 15.6. The number of allylic oxidation sites excluding steroid dienone is 3. The Morgan fingerprint density at radius 3 is 2.13 bits per heavy atom. The van der Waals surface area contributed by atoms with Gasteiger partial charge in [0.1, 0.15) is 6.54 Å². The second-order valence-corrected chi connectivity index (χ2v) is 10.7. The van der Waals surface area contributed by atoms with Gasteiger partial charge in [0.05, 0.1) is 17.8 Å². The van der Waals surface area contributed by atoms with E-state index in [1.165, 1.54) is 16.7 Å². The second-order valence-electron chi connectivity index (χ2n) is 9.38. The van der Waals surface area contributed by atoms with E-state index >= 15 is 0 Å². The molecule has 2 aromatic carbocycles. The highest BCUT2D eigenvalue weighted by Gasteiger charge is 2.49. The second kappa shape index (κ2) is 17.0. The number of nitrogens with two attached hydrogens (primary N) is 2. The quantitative estimate of drug-likeness (QED) is 0.308. The van der Waals surface area contributed by atoms with Crippen LogP contribution in [-0.4, -0.2) is 69.8 Å². The third-order valence-electron chi connectivity index (χ3n) is 6.27. The first kappa shape index (κ1) is 36.6. The van der Waals surface area contributed by atoms with Crippen LogP contribution >= 0.6 is 11.8 Å². The van der Waals surface area contributed by atoms with E-state index in [2.05, 4.69) is 0 Å². The van der Waals surface area contributed by atoms with E-state index in [1.54, 1.807) is 49.4 Å². The van der Waals surface area contributed by atoms with Gasteiger partial charge in [-0.2, -0.15) is 13.2 Å². The van der Waals surface area contributed by atoms with Crippen molar-refractivity contribution in [1.82, 2.24) is 0 Å². The number of nitrogens with zero attached hydrogens (tertiary/aromatic N) is 1. The van der Waals surface area contributed by atoms with Gasteiger partial charge in [0, 0.05) is 29.0 Å². The fourth-order valence-electron chi connectivity index (χ4n) is 4.29. The zero-order chi connectivity index (χ0) is 33.7. The monoisotopic (exact) mass is 651 g/mol. The Kier molecular flexibility index (Phi) is 13.8. The number of carboxylic acids is 2. The number of fused-ring (bicyclic) bond motifs is 1. The first-order valence-corrected chi connectivity index (χ1v) is 14.3. The minimum Gasteiger partial charge on any atom is -0.480 e. The van der Waals surface area contributed by atoms with Gasteiger partial charge in [-0.3, -0.25) is 24.1 Å². The molecule has 1 saturated heterocycles. The zero-order valence-corrected chi connectivity index (χ0v) is 24.7. The average Bonchev–Trinajstić information content (AvgIpc) is 3.41. The Hall–Kier alpha value is -4.63. The number of anilines is 1. The first-order chi connectivity index (χ1) is 21.2. The van der Waals surface area contributed by atoms with Crippen LogP contribution in [0, 0.1) is 11.8 Å². The summed E-state index contributed by atoms with van der Waals surface area (Å²) >= 11 is 1.45. The summed E-state index contributed by atoms with van der Waals surface area (Å²) in [5.74, 6) is -5.39. The SMILES string of the molecule is CCOC(=O)C1C(C(N)=O)SC2C=CC=CC21.NCc1cccc(C(=O)N(CC(=O)O)c2ccccc2)c1.O=C(O)C(F)(F)F. The van der Waals surface area contributed by atoms with E-state index in [-0.39, 0.29) is 23.0 Å². The molecule has 1 aliphatic heterocycles. The van der Waals surface area contributed by atoms with Gasteiger partial charge in [-0.05, 0) is 36.8 Å². The van der Waals surface area contributed by atoms with Crippen molar-refractivity contribution in [2.24, 2.45) is 23.3 Å². The van der Waals surface area contributed by atoms with Crippen molar-refractivity contribution in [1.29, 1.82) is 0 Å². The number of halogens is 3. The van der Waals surface area contributed by atoms with E-state index in [0.717, 1.165) is 5.56 Å². The molecule has 1 heterocycles. The van der Waals surface area contributed by atoms with Crippen LogP contribution in [0.1, 0.15) is 22.8 Å². The lowest BCUT2D eigenvalue weighted by Gasteiger charge is -2.21. The summed E-state index contributed by atoms with van der Waals surface area (Å²) in [7, 11) is 0. The molecule has 15 heteroatoms. The fourth-order valence-corrected chi connectivity index (χ4v) is 5.85. The number of carbonyl (C=O) groups excluding carboxylic acids is 3. The van der Waals surface area contributed by atoms with Gasteiger partial charge in [-0.25, -0.2) is 4.79 Å². The molecule has 4 rings (SSSR count). The molecule has 4 unspecified atom stereocenters. The predicted octanol–water partition coefficient (Wildman–Crippen LogP) is 3.39. The number of alkyl halides is 3. The smallest absolute Gasteiger partial charge is 0.480 e. The van der Waals surface area contributed by atoms with Crippen LogP contribution in [0.3, 0.4) is 0 Å². The molecular formula is C30H32F3N3O8S. The number of benzene rings is 2. The minimum atomic E-state index is -5.08. The minimum absolute atomic E-state index is 0.0153. The highest BCUT2D eigenvalue weighted by molar-refractivity contribution is 8.01. The number of primary amides is 1. The molecule has 0 aromatic heterocycles. The van der Waals surface area contributed by atoms with Crippen LogP contribution in [0.25, 0.3) is 0 Å². The van der Waals surface area contributed by atoms with Crippen molar-refractivity contribution >= 4 is 47.2 Å². The number of aliphatic carboxylic acids is 2. The van der Waals surface area contributed by atoms with Crippen molar-refractivity contribution < 1.29 is 52.1 Å². The maximum absolute atomic E-state index is 12.6. The predicted molar refractivity (Wildman–Crippen MR) is 160 cm³/mol. The molecule has 1 aliphatic carbocycles. The third kappa shape index (κ3) is 10.8. The molecule has 0 saturated carbocycles. The Labute approximate surface area is 260 Å². The van der Waals surface area contributed by atoms with E-state index in [1.807, 2.05) is 36.4 Å². The van der Waals surface area contributed by atoms with Crippen LogP contribution in [-0.2, 0) is 30.5 Å². The summed E-state index contributed by atoms with van der Waals surface area (Å²) in [5, 5.41) is 15.8. The Bertz CT molecular complexity index is 1420. The highest BCUT2D eigenvalue weighted by atomic mass is 32.2. The molecule has 11 nitrogen and oxygen atoms in total. The summed E-state index contributed by atoms with van der Waals surface area (Å²) < 4.78 is 36.8. The Balaban J connectivity index is 0.000000263. The van der Waals surface area contributed by atoms with Crippen molar-refractivity contribution in [3.05, 3.63) is 90.0 Å². The fraction of sp³-hybridized carbons (Fsp3) is 0.300. The van der Waals surface area contributed by atoms with Crippen molar-refractivity contribution in [3.8, 4) is 0 Å². The lowest BCUT2D eigenvalue weighted by Crippen LogP contribution is -2.37. The topological polar surface area (TPSA) is 190 Å². The van der Waals surface area contributed by atoms with E-state index in [4.69, 9.17) is 31.2 Å². The summed E-state index contributed by atoms with van der Waals surface area (Å²) in [6.07, 6.45) is 2.71. The van der Waals surface area contributed by atoms with Gasteiger partial charge in [0.25, 0.3) is 5.91 Å². The molecule has 2 amide bonds. The van der Waals surface area contributed by atoms with Crippen molar-refractivity contribution in [2.75, 3.05) is 18.1 Å². The molecule has 1 fully saturated rings. The van der Waals surface area contributed by atoms with Gasteiger partial charge < -0.3 is 26.4 Å². The Morgan fingerprint density at radius 1 is 0.978 bits per heavy atom. The Morgan fingerprint density at radius 2 is 1.60 bits per heavy atom. The lowest BCUT2D eigenvalue weighted by molar-refractivity contribution is -0.192. The van der Waals surface area contributed by atoms with E-state index < -0.39 is 41.7 Å². The summed E-state index contributed by atoms with van der Waals surface area (Å²) in [6.45, 7) is 2.01. The van der Waals surface area contributed by atoms with Crippen molar-refractivity contribution in [3.63, 3.8) is 0 Å². The number of para-hydroxylation sites is 1. The van der Waals surface area contributed by atoms with Gasteiger partial charge in [0.15, 0.2) is 0 Å². The summed E-state index contributed by atoms with van der Waals surface area (Å²) in [4.78, 5) is 57.1. The van der Waals surface area contributed by atoms with Crippen LogP contribution in [0.2, 0.25) is 0 Å². The molecule has 0 radical (unpaired) electrons. The number of carbonyl (C=O) groups is 5. The van der Waals surface area contributed by atoms with Crippen molar-refractivity contribution in [2.45, 2.75) is 30.1 Å². The standard InChI is InChI=1S/C16H16N2O3.C12H15NO3S.C2HF3O2/c17-10-12-5-4-6-13(9-12)16(21)18(11-15(19)20)14-7-2-1-3-8-14;1-2-16-12(15)9-7-5-3-4-6-8(7)17-10(9)11(13)14;3-2(4,5)1(6)7/h1-9H,10-11,17H2,(H,19,20);3-10H,2H2,1H3,(H2,13,14);(H,6,7). The van der Waals surface area contributed by atoms with Gasteiger partial charge in [0.2, 0.25) is 5.91 Å². The van der Waals surface area contributed by atoms with Crippen LogP contribution in [0.15, 0.2) is 78.9 Å². The summed E-state index contributed by atoms with van der Waals surface area (Å²) in [5.41, 5.74) is 12.7. The number of thioether (sulfide) groups is 1. The molecule has 0 spiro atoms. The van der Waals surface area contributed by atoms with Crippen LogP contribution in [0.4, 0.5) is 18.9 Å².